The van der Waals surface area contributed by atoms with E-state index in [1.54, 1.807) is 18.2 Å². The van der Waals surface area contributed by atoms with Crippen LogP contribution in [0.5, 0.6) is 5.75 Å². The van der Waals surface area contributed by atoms with E-state index in [1.165, 1.54) is 29.2 Å². The topological polar surface area (TPSA) is 64.6 Å². The first-order chi connectivity index (χ1) is 14.1. The summed E-state index contributed by atoms with van der Waals surface area (Å²) in [6.45, 7) is 1.90. The minimum atomic E-state index is -0.482. The SMILES string of the molecule is CC(=O)Oc1cccc(CNC(=O)OCC2c3ccccc3-c3ccccc32)c1. The van der Waals surface area contributed by atoms with E-state index in [1.807, 2.05) is 30.3 Å². The Bertz CT molecular complexity index is 1010. The van der Waals surface area contributed by atoms with Gasteiger partial charge in [-0.1, -0.05) is 60.7 Å². The van der Waals surface area contributed by atoms with Gasteiger partial charge in [0.2, 0.25) is 0 Å². The predicted octanol–water partition coefficient (Wildman–Crippen LogP) is 4.65. The molecule has 0 unspecified atom stereocenters. The van der Waals surface area contributed by atoms with Gasteiger partial charge in [-0.05, 0) is 39.9 Å². The number of alkyl carbamates (subject to hydrolysis) is 1. The van der Waals surface area contributed by atoms with Gasteiger partial charge in [0.1, 0.15) is 12.4 Å². The van der Waals surface area contributed by atoms with Crippen LogP contribution in [0.4, 0.5) is 4.79 Å². The molecule has 146 valence electrons. The van der Waals surface area contributed by atoms with Crippen molar-refractivity contribution in [2.24, 2.45) is 0 Å². The fourth-order valence-electron chi connectivity index (χ4n) is 3.71. The minimum absolute atomic E-state index is 0.0282. The van der Waals surface area contributed by atoms with Crippen LogP contribution in [0.3, 0.4) is 0 Å². The number of hydrogen-bond donors (Lipinski definition) is 1. The summed E-state index contributed by atoms with van der Waals surface area (Å²) in [6, 6.07) is 23.5. The fraction of sp³-hybridized carbons (Fsp3) is 0.167. The predicted molar refractivity (Wildman–Crippen MR) is 110 cm³/mol. The third kappa shape index (κ3) is 4.14. The molecule has 1 aliphatic carbocycles. The van der Waals surface area contributed by atoms with E-state index in [0.29, 0.717) is 5.75 Å². The Morgan fingerprint density at radius 2 is 1.55 bits per heavy atom. The number of fused-ring (bicyclic) bond motifs is 3. The van der Waals surface area contributed by atoms with Crippen molar-refractivity contribution in [3.63, 3.8) is 0 Å². The van der Waals surface area contributed by atoms with E-state index in [-0.39, 0.29) is 25.0 Å². The Morgan fingerprint density at radius 3 is 2.21 bits per heavy atom. The van der Waals surface area contributed by atoms with Gasteiger partial charge in [0.05, 0.1) is 0 Å². The summed E-state index contributed by atoms with van der Waals surface area (Å²) in [7, 11) is 0. The molecule has 0 saturated carbocycles. The minimum Gasteiger partial charge on any atom is -0.449 e. The normalized spacial score (nSPS) is 12.0. The molecular weight excluding hydrogens is 366 g/mol. The average molecular weight is 387 g/mol. The van der Waals surface area contributed by atoms with Crippen molar-refractivity contribution in [3.05, 3.63) is 89.5 Å². The zero-order valence-corrected chi connectivity index (χ0v) is 16.1. The molecule has 1 amide bonds. The molecule has 5 nitrogen and oxygen atoms in total. The average Bonchev–Trinajstić information content (AvgIpc) is 3.04. The molecule has 5 heteroatoms. The van der Waals surface area contributed by atoms with Gasteiger partial charge in [0.15, 0.2) is 0 Å². The van der Waals surface area contributed by atoms with Gasteiger partial charge >= 0.3 is 12.1 Å². The molecule has 3 aromatic rings. The van der Waals surface area contributed by atoms with Crippen molar-refractivity contribution in [3.8, 4) is 16.9 Å². The summed E-state index contributed by atoms with van der Waals surface area (Å²) in [6.07, 6.45) is -0.482. The highest BCUT2D eigenvalue weighted by Crippen LogP contribution is 2.44. The number of amides is 1. The molecule has 1 N–H and O–H groups in total. The van der Waals surface area contributed by atoms with Gasteiger partial charge < -0.3 is 14.8 Å². The number of esters is 1. The van der Waals surface area contributed by atoms with Crippen LogP contribution in [0.1, 0.15) is 29.5 Å². The van der Waals surface area contributed by atoms with E-state index >= 15 is 0 Å². The van der Waals surface area contributed by atoms with Gasteiger partial charge in [-0.15, -0.1) is 0 Å². The summed E-state index contributed by atoms with van der Waals surface area (Å²) in [5.41, 5.74) is 5.56. The van der Waals surface area contributed by atoms with Gasteiger partial charge in [0, 0.05) is 19.4 Å². The highest BCUT2D eigenvalue weighted by atomic mass is 16.5. The zero-order chi connectivity index (χ0) is 20.2. The summed E-state index contributed by atoms with van der Waals surface area (Å²) in [5, 5.41) is 2.75. The zero-order valence-electron chi connectivity index (χ0n) is 16.1. The lowest BCUT2D eigenvalue weighted by atomic mass is 9.98. The molecule has 0 radical (unpaired) electrons. The van der Waals surface area contributed by atoms with Crippen LogP contribution in [0.25, 0.3) is 11.1 Å². The molecule has 0 aliphatic heterocycles. The summed E-state index contributed by atoms with van der Waals surface area (Å²) in [4.78, 5) is 23.3. The summed E-state index contributed by atoms with van der Waals surface area (Å²) < 4.78 is 10.6. The molecule has 0 heterocycles. The highest BCUT2D eigenvalue weighted by molar-refractivity contribution is 5.79. The van der Waals surface area contributed by atoms with Crippen molar-refractivity contribution >= 4 is 12.1 Å². The molecule has 29 heavy (non-hydrogen) atoms. The number of nitrogens with one attached hydrogen (secondary N) is 1. The van der Waals surface area contributed by atoms with Crippen molar-refractivity contribution in [1.82, 2.24) is 5.32 Å². The van der Waals surface area contributed by atoms with Crippen molar-refractivity contribution in [1.29, 1.82) is 0 Å². The number of benzene rings is 3. The van der Waals surface area contributed by atoms with E-state index in [9.17, 15) is 9.59 Å². The number of carbonyl (C=O) groups is 2. The second kappa shape index (κ2) is 8.19. The largest absolute Gasteiger partial charge is 0.449 e. The van der Waals surface area contributed by atoms with E-state index in [2.05, 4.69) is 29.6 Å². The van der Waals surface area contributed by atoms with Gasteiger partial charge in [-0.3, -0.25) is 4.79 Å². The molecule has 4 rings (SSSR count). The van der Waals surface area contributed by atoms with Crippen molar-refractivity contribution in [2.45, 2.75) is 19.4 Å². The van der Waals surface area contributed by atoms with Gasteiger partial charge in [-0.2, -0.15) is 0 Å². The molecule has 0 fully saturated rings. The molecule has 0 spiro atoms. The lowest BCUT2D eigenvalue weighted by Gasteiger charge is -2.14. The number of ether oxygens (including phenoxy) is 2. The molecule has 0 bridgehead atoms. The standard InChI is InChI=1S/C24H21NO4/c1-16(26)29-18-8-6-7-17(13-18)14-25-24(27)28-15-23-21-11-4-2-9-19(21)20-10-3-5-12-22(20)23/h2-13,23H,14-15H2,1H3,(H,25,27). The Labute approximate surface area is 169 Å². The first-order valence-corrected chi connectivity index (χ1v) is 9.48. The van der Waals surface area contributed by atoms with Crippen molar-refractivity contribution < 1.29 is 19.1 Å². The Hall–Kier alpha value is -3.60. The molecule has 1 aliphatic rings. The second-order valence-electron chi connectivity index (χ2n) is 6.92. The maximum Gasteiger partial charge on any atom is 0.407 e. The highest BCUT2D eigenvalue weighted by Gasteiger charge is 2.28. The molecule has 0 atom stereocenters. The number of hydrogen-bond acceptors (Lipinski definition) is 4. The van der Waals surface area contributed by atoms with Crippen LogP contribution < -0.4 is 10.1 Å². The van der Waals surface area contributed by atoms with E-state index in [4.69, 9.17) is 9.47 Å². The van der Waals surface area contributed by atoms with Crippen molar-refractivity contribution in [2.75, 3.05) is 6.61 Å². The van der Waals surface area contributed by atoms with Crippen LogP contribution in [-0.4, -0.2) is 18.7 Å². The summed E-state index contributed by atoms with van der Waals surface area (Å²) >= 11 is 0. The third-order valence-electron chi connectivity index (χ3n) is 4.94. The van der Waals surface area contributed by atoms with Crippen LogP contribution in [0, 0.1) is 0 Å². The van der Waals surface area contributed by atoms with E-state index in [0.717, 1.165) is 5.56 Å². The Kier molecular flexibility index (Phi) is 5.29. The maximum atomic E-state index is 12.2. The summed E-state index contributed by atoms with van der Waals surface area (Å²) in [5.74, 6) is 0.0939. The van der Waals surface area contributed by atoms with E-state index < -0.39 is 6.09 Å². The first-order valence-electron chi connectivity index (χ1n) is 9.48. The number of carbonyl (C=O) groups excluding carboxylic acids is 2. The Balaban J connectivity index is 1.38. The van der Waals surface area contributed by atoms with Crippen LogP contribution in [0.2, 0.25) is 0 Å². The van der Waals surface area contributed by atoms with Gasteiger partial charge in [0.25, 0.3) is 0 Å². The smallest absolute Gasteiger partial charge is 0.407 e. The lowest BCUT2D eigenvalue weighted by Crippen LogP contribution is -2.25. The van der Waals surface area contributed by atoms with Crippen LogP contribution in [0.15, 0.2) is 72.8 Å². The molecule has 0 saturated heterocycles. The number of rotatable bonds is 5. The second-order valence-corrected chi connectivity index (χ2v) is 6.92. The quantitative estimate of drug-likeness (QED) is 0.511. The maximum absolute atomic E-state index is 12.2. The molecule has 3 aromatic carbocycles. The molecular formula is C24H21NO4. The van der Waals surface area contributed by atoms with Crippen LogP contribution in [-0.2, 0) is 16.1 Å². The molecule has 0 aromatic heterocycles. The fourth-order valence-corrected chi connectivity index (χ4v) is 3.71. The third-order valence-corrected chi connectivity index (χ3v) is 4.94. The monoisotopic (exact) mass is 387 g/mol. The lowest BCUT2D eigenvalue weighted by molar-refractivity contribution is -0.131. The first kappa shape index (κ1) is 18.7. The van der Waals surface area contributed by atoms with Crippen LogP contribution >= 0.6 is 0 Å². The van der Waals surface area contributed by atoms with Gasteiger partial charge in [-0.25, -0.2) is 4.79 Å². The Morgan fingerprint density at radius 1 is 0.897 bits per heavy atom.